The minimum atomic E-state index is -0.392. The number of carbonyl (C=O) groups excluding carboxylic acids is 1. The third-order valence-electron chi connectivity index (χ3n) is 4.75. The van der Waals surface area contributed by atoms with Crippen molar-refractivity contribution in [2.45, 2.75) is 20.0 Å². The average molecular weight is 359 g/mol. The number of benzene rings is 2. The Morgan fingerprint density at radius 2 is 1.89 bits per heavy atom. The second kappa shape index (κ2) is 7.16. The SMILES string of the molecule is Cc1cn(CC(=O)c2cccc(F)c2)c2cc[n+](Cc3ccccc3)cc12. The molecule has 0 aliphatic carbocycles. The van der Waals surface area contributed by atoms with Gasteiger partial charge in [-0.3, -0.25) is 4.79 Å². The van der Waals surface area contributed by atoms with E-state index in [9.17, 15) is 9.18 Å². The van der Waals surface area contributed by atoms with Gasteiger partial charge in [-0.25, -0.2) is 8.96 Å². The summed E-state index contributed by atoms with van der Waals surface area (Å²) in [4.78, 5) is 12.5. The van der Waals surface area contributed by atoms with Crippen molar-refractivity contribution in [3.05, 3.63) is 102 Å². The maximum absolute atomic E-state index is 13.4. The summed E-state index contributed by atoms with van der Waals surface area (Å²) in [7, 11) is 0. The summed E-state index contributed by atoms with van der Waals surface area (Å²) in [5, 5.41) is 1.11. The molecule has 0 aliphatic rings. The summed E-state index contributed by atoms with van der Waals surface area (Å²) in [6.45, 7) is 3.03. The highest BCUT2D eigenvalue weighted by atomic mass is 19.1. The van der Waals surface area contributed by atoms with Crippen molar-refractivity contribution in [3.63, 3.8) is 0 Å². The monoisotopic (exact) mass is 359 g/mol. The fraction of sp³-hybridized carbons (Fsp3) is 0.130. The molecule has 0 aliphatic heterocycles. The van der Waals surface area contributed by atoms with Crippen LogP contribution in [0.2, 0.25) is 0 Å². The van der Waals surface area contributed by atoms with Gasteiger partial charge in [-0.05, 0) is 24.6 Å². The molecule has 3 nitrogen and oxygen atoms in total. The Kier molecular flexibility index (Phi) is 4.55. The van der Waals surface area contributed by atoms with Gasteiger partial charge in [0.1, 0.15) is 5.82 Å². The van der Waals surface area contributed by atoms with Gasteiger partial charge < -0.3 is 4.57 Å². The van der Waals surface area contributed by atoms with Crippen molar-refractivity contribution < 1.29 is 13.8 Å². The largest absolute Gasteiger partial charge is 0.339 e. The number of fused-ring (bicyclic) bond motifs is 1. The number of nitrogens with zero attached hydrogens (tertiary/aromatic N) is 2. The minimum absolute atomic E-state index is 0.104. The molecule has 0 radical (unpaired) electrons. The van der Waals surface area contributed by atoms with E-state index in [0.29, 0.717) is 5.56 Å². The van der Waals surface area contributed by atoms with Crippen LogP contribution in [0.3, 0.4) is 0 Å². The molecule has 0 saturated heterocycles. The third kappa shape index (κ3) is 3.65. The van der Waals surface area contributed by atoms with E-state index >= 15 is 0 Å². The van der Waals surface area contributed by atoms with Crippen molar-refractivity contribution in [3.8, 4) is 0 Å². The van der Waals surface area contributed by atoms with Crippen LogP contribution in [0.4, 0.5) is 4.39 Å². The minimum Gasteiger partial charge on any atom is -0.339 e. The van der Waals surface area contributed by atoms with E-state index < -0.39 is 5.82 Å². The van der Waals surface area contributed by atoms with Crippen molar-refractivity contribution >= 4 is 16.7 Å². The predicted molar refractivity (Wildman–Crippen MR) is 103 cm³/mol. The van der Waals surface area contributed by atoms with E-state index in [-0.39, 0.29) is 12.3 Å². The summed E-state index contributed by atoms with van der Waals surface area (Å²) < 4.78 is 17.5. The van der Waals surface area contributed by atoms with Gasteiger partial charge in [0, 0.05) is 23.4 Å². The summed E-state index contributed by atoms with van der Waals surface area (Å²) in [5.74, 6) is -0.497. The van der Waals surface area contributed by atoms with Crippen LogP contribution < -0.4 is 4.57 Å². The van der Waals surface area contributed by atoms with E-state index in [2.05, 4.69) is 22.9 Å². The molecule has 2 aromatic heterocycles. The van der Waals surface area contributed by atoms with Crippen LogP contribution in [0, 0.1) is 12.7 Å². The topological polar surface area (TPSA) is 25.9 Å². The van der Waals surface area contributed by atoms with Gasteiger partial charge in [-0.2, -0.15) is 0 Å². The molecule has 0 unspecified atom stereocenters. The number of rotatable bonds is 5. The summed E-state index contributed by atoms with van der Waals surface area (Å²) in [6.07, 6.45) is 6.12. The fourth-order valence-electron chi connectivity index (χ4n) is 3.39. The molecule has 0 bridgehead atoms. The number of pyridine rings is 1. The molecule has 0 N–H and O–H groups in total. The number of carbonyl (C=O) groups is 1. The van der Waals surface area contributed by atoms with Crippen molar-refractivity contribution in [2.24, 2.45) is 0 Å². The Balaban J connectivity index is 1.62. The van der Waals surface area contributed by atoms with E-state index in [1.165, 1.54) is 17.7 Å². The normalized spacial score (nSPS) is 11.0. The first-order chi connectivity index (χ1) is 13.1. The quantitative estimate of drug-likeness (QED) is 0.385. The number of halogens is 1. The van der Waals surface area contributed by atoms with Gasteiger partial charge in [0.15, 0.2) is 24.7 Å². The summed E-state index contributed by atoms with van der Waals surface area (Å²) >= 11 is 0. The van der Waals surface area contributed by atoms with E-state index in [1.54, 1.807) is 12.1 Å². The lowest BCUT2D eigenvalue weighted by atomic mass is 10.1. The zero-order valence-electron chi connectivity index (χ0n) is 15.1. The van der Waals surface area contributed by atoms with Crippen LogP contribution in [0.1, 0.15) is 21.5 Å². The molecule has 2 aromatic carbocycles. The first-order valence-electron chi connectivity index (χ1n) is 8.91. The van der Waals surface area contributed by atoms with Crippen LogP contribution in [-0.2, 0) is 13.1 Å². The maximum Gasteiger partial charge on any atom is 0.182 e. The Bertz CT molecular complexity index is 1120. The number of Topliss-reactive ketones (excluding diaryl/α,β-unsaturated/α-hetero) is 1. The van der Waals surface area contributed by atoms with Gasteiger partial charge in [-0.1, -0.05) is 42.5 Å². The zero-order chi connectivity index (χ0) is 18.8. The molecule has 4 aromatic rings. The van der Waals surface area contributed by atoms with Gasteiger partial charge in [0.05, 0.1) is 17.4 Å². The van der Waals surface area contributed by atoms with E-state index in [4.69, 9.17) is 0 Å². The predicted octanol–water partition coefficient (Wildman–Crippen LogP) is 4.31. The number of aromatic nitrogens is 2. The standard InChI is InChI=1S/C23H20FN2O/c1-17-13-26(16-23(27)19-8-5-9-20(24)12-19)22-10-11-25(15-21(17)22)14-18-6-3-2-4-7-18/h2-13,15H,14,16H2,1H3/q+1. The highest BCUT2D eigenvalue weighted by Gasteiger charge is 2.14. The van der Waals surface area contributed by atoms with Gasteiger partial charge in [0.25, 0.3) is 0 Å². The molecule has 27 heavy (non-hydrogen) atoms. The highest BCUT2D eigenvalue weighted by molar-refractivity contribution is 5.97. The molecule has 0 amide bonds. The van der Waals surface area contributed by atoms with E-state index in [0.717, 1.165) is 23.0 Å². The molecular weight excluding hydrogens is 339 g/mol. The third-order valence-corrected chi connectivity index (χ3v) is 4.75. The Morgan fingerprint density at radius 1 is 1.07 bits per heavy atom. The first-order valence-corrected chi connectivity index (χ1v) is 8.91. The molecular formula is C23H20FN2O+. The number of ketones is 1. The Labute approximate surface area is 157 Å². The lowest BCUT2D eigenvalue weighted by Gasteiger charge is -2.05. The number of hydrogen-bond donors (Lipinski definition) is 0. The Hall–Kier alpha value is -3.27. The van der Waals surface area contributed by atoms with Crippen LogP contribution in [0.25, 0.3) is 10.9 Å². The molecule has 0 fully saturated rings. The lowest BCUT2D eigenvalue weighted by molar-refractivity contribution is -0.687. The van der Waals surface area contributed by atoms with E-state index in [1.807, 2.05) is 48.1 Å². The molecule has 2 heterocycles. The Morgan fingerprint density at radius 3 is 2.67 bits per heavy atom. The molecule has 134 valence electrons. The van der Waals surface area contributed by atoms with Gasteiger partial charge in [0.2, 0.25) is 0 Å². The van der Waals surface area contributed by atoms with Crippen molar-refractivity contribution in [1.82, 2.24) is 4.57 Å². The van der Waals surface area contributed by atoms with Crippen LogP contribution in [-0.4, -0.2) is 10.4 Å². The fourth-order valence-corrected chi connectivity index (χ4v) is 3.39. The smallest absolute Gasteiger partial charge is 0.182 e. The average Bonchev–Trinajstić information content (AvgIpc) is 2.98. The molecule has 4 rings (SSSR count). The molecule has 4 heteroatoms. The molecule has 0 spiro atoms. The number of aryl methyl sites for hydroxylation is 1. The second-order valence-electron chi connectivity index (χ2n) is 6.78. The van der Waals surface area contributed by atoms with Crippen molar-refractivity contribution in [2.75, 3.05) is 0 Å². The lowest BCUT2D eigenvalue weighted by Crippen LogP contribution is -2.33. The zero-order valence-corrected chi connectivity index (χ0v) is 15.1. The van der Waals surface area contributed by atoms with Crippen molar-refractivity contribution in [1.29, 1.82) is 0 Å². The molecule has 0 saturated carbocycles. The van der Waals surface area contributed by atoms with Gasteiger partial charge >= 0.3 is 0 Å². The summed E-state index contributed by atoms with van der Waals surface area (Å²) in [5.41, 5.74) is 3.74. The van der Waals surface area contributed by atoms with Crippen LogP contribution in [0.5, 0.6) is 0 Å². The summed E-state index contributed by atoms with van der Waals surface area (Å²) in [6, 6.07) is 18.2. The number of hydrogen-bond acceptors (Lipinski definition) is 1. The highest BCUT2D eigenvalue weighted by Crippen LogP contribution is 2.20. The van der Waals surface area contributed by atoms with Crippen LogP contribution >= 0.6 is 0 Å². The first kappa shape index (κ1) is 17.2. The van der Waals surface area contributed by atoms with Gasteiger partial charge in [-0.15, -0.1) is 0 Å². The van der Waals surface area contributed by atoms with Crippen LogP contribution in [0.15, 0.2) is 79.3 Å². The molecule has 0 atom stereocenters. The second-order valence-corrected chi connectivity index (χ2v) is 6.78. The maximum atomic E-state index is 13.4.